The molecule has 2 aliphatic carbocycles. The molecule has 2 saturated carbocycles. The number of Topliss-reactive ketones (excluding diaryl/α,β-unsaturated/α-hetero) is 1. The van der Waals surface area contributed by atoms with Crippen LogP contribution in [0.1, 0.15) is 25.7 Å². The summed E-state index contributed by atoms with van der Waals surface area (Å²) in [7, 11) is 0. The van der Waals surface area contributed by atoms with E-state index in [4.69, 9.17) is 0 Å². The molecule has 1 N–H and O–H groups in total. The fourth-order valence-corrected chi connectivity index (χ4v) is 2.35. The number of aliphatic hydroxyl groups is 1. The predicted octanol–water partition coefficient (Wildman–Crippen LogP) is 0.736. The fraction of sp³-hybridized carbons (Fsp3) is 0.875. The number of rotatable bonds is 0. The second-order valence-corrected chi connectivity index (χ2v) is 3.44. The summed E-state index contributed by atoms with van der Waals surface area (Å²) in [6.45, 7) is 0. The minimum Gasteiger partial charge on any atom is -0.392 e. The van der Waals surface area contributed by atoms with Crippen molar-refractivity contribution in [2.45, 2.75) is 31.8 Å². The average molecular weight is 140 g/mol. The first-order valence-electron chi connectivity index (χ1n) is 4.00. The van der Waals surface area contributed by atoms with Gasteiger partial charge in [0.05, 0.1) is 6.10 Å². The normalized spacial score (nSPS) is 46.1. The van der Waals surface area contributed by atoms with Crippen LogP contribution < -0.4 is 0 Å². The minimum atomic E-state index is -0.306. The smallest absolute Gasteiger partial charge is 0.138 e. The molecule has 0 heterocycles. The van der Waals surface area contributed by atoms with E-state index in [1.165, 1.54) is 0 Å². The van der Waals surface area contributed by atoms with Gasteiger partial charge in [-0.3, -0.25) is 4.79 Å². The maximum atomic E-state index is 11.1. The van der Waals surface area contributed by atoms with Crippen LogP contribution in [0.3, 0.4) is 0 Å². The summed E-state index contributed by atoms with van der Waals surface area (Å²) in [5, 5.41) is 9.35. The maximum Gasteiger partial charge on any atom is 0.138 e. The van der Waals surface area contributed by atoms with Gasteiger partial charge in [-0.15, -0.1) is 0 Å². The molecule has 0 radical (unpaired) electrons. The molecule has 0 aromatic rings. The summed E-state index contributed by atoms with van der Waals surface area (Å²) >= 11 is 0. The van der Waals surface area contributed by atoms with Gasteiger partial charge in [-0.1, -0.05) is 0 Å². The Bertz CT molecular complexity index is 165. The largest absolute Gasteiger partial charge is 0.392 e. The van der Waals surface area contributed by atoms with Gasteiger partial charge < -0.3 is 5.11 Å². The Labute approximate surface area is 60.2 Å². The van der Waals surface area contributed by atoms with Gasteiger partial charge in [0, 0.05) is 12.3 Å². The lowest BCUT2D eigenvalue weighted by molar-refractivity contribution is -0.123. The quantitative estimate of drug-likeness (QED) is 0.538. The molecule has 0 bridgehead atoms. The second kappa shape index (κ2) is 2.06. The van der Waals surface area contributed by atoms with Crippen LogP contribution in [0.4, 0.5) is 0 Å². The molecule has 2 nitrogen and oxygen atoms in total. The molecular formula is C8H12O2. The molecule has 56 valence electrons. The summed E-state index contributed by atoms with van der Waals surface area (Å²) in [5.41, 5.74) is 0. The van der Waals surface area contributed by atoms with Gasteiger partial charge >= 0.3 is 0 Å². The van der Waals surface area contributed by atoms with Crippen LogP contribution in [0.15, 0.2) is 0 Å². The van der Waals surface area contributed by atoms with Gasteiger partial charge in [0.25, 0.3) is 0 Å². The molecule has 0 saturated heterocycles. The number of fused-ring (bicyclic) bond motifs is 1. The highest BCUT2D eigenvalue weighted by molar-refractivity contribution is 5.84. The van der Waals surface area contributed by atoms with E-state index in [1.807, 2.05) is 0 Å². The number of aliphatic hydroxyl groups excluding tert-OH is 1. The zero-order valence-corrected chi connectivity index (χ0v) is 5.92. The van der Waals surface area contributed by atoms with E-state index in [2.05, 4.69) is 0 Å². The van der Waals surface area contributed by atoms with Crippen LogP contribution in [0.25, 0.3) is 0 Å². The third kappa shape index (κ3) is 0.717. The SMILES string of the molecule is O=C1CC[C@H]2CC[C@H](O)[C@@H]12. The molecule has 0 aromatic heterocycles. The van der Waals surface area contributed by atoms with Crippen LogP contribution in [0.2, 0.25) is 0 Å². The van der Waals surface area contributed by atoms with Gasteiger partial charge in [0.1, 0.15) is 5.78 Å². The standard InChI is InChI=1S/C8H12O2/c9-6-3-1-5-2-4-7(10)8(5)6/h5-6,8-9H,1-4H2/t5-,6+,8+/m1/s1. The highest BCUT2D eigenvalue weighted by Gasteiger charge is 2.43. The van der Waals surface area contributed by atoms with Crippen molar-refractivity contribution in [2.24, 2.45) is 11.8 Å². The Kier molecular flexibility index (Phi) is 1.31. The van der Waals surface area contributed by atoms with E-state index in [0.717, 1.165) is 19.3 Å². The minimum absolute atomic E-state index is 0.0278. The summed E-state index contributed by atoms with van der Waals surface area (Å²) < 4.78 is 0. The van der Waals surface area contributed by atoms with E-state index in [-0.39, 0.29) is 12.0 Å². The van der Waals surface area contributed by atoms with E-state index >= 15 is 0 Å². The molecule has 0 amide bonds. The molecule has 3 atom stereocenters. The fourth-order valence-electron chi connectivity index (χ4n) is 2.35. The highest BCUT2D eigenvalue weighted by Crippen LogP contribution is 2.41. The first-order valence-corrected chi connectivity index (χ1v) is 4.00. The van der Waals surface area contributed by atoms with Crippen LogP contribution in [-0.2, 0) is 4.79 Å². The van der Waals surface area contributed by atoms with Crippen molar-refractivity contribution >= 4 is 5.78 Å². The number of hydrogen-bond acceptors (Lipinski definition) is 2. The maximum absolute atomic E-state index is 11.1. The molecule has 0 spiro atoms. The van der Waals surface area contributed by atoms with Gasteiger partial charge in [0.15, 0.2) is 0 Å². The van der Waals surface area contributed by atoms with E-state index in [9.17, 15) is 9.90 Å². The van der Waals surface area contributed by atoms with E-state index < -0.39 is 0 Å². The lowest BCUT2D eigenvalue weighted by Crippen LogP contribution is -2.21. The average Bonchev–Trinajstić information content (AvgIpc) is 2.40. The van der Waals surface area contributed by atoms with Crippen molar-refractivity contribution in [1.82, 2.24) is 0 Å². The van der Waals surface area contributed by atoms with Gasteiger partial charge in [-0.25, -0.2) is 0 Å². The third-order valence-electron chi connectivity index (χ3n) is 2.89. The summed E-state index contributed by atoms with van der Waals surface area (Å²) in [5.74, 6) is 0.859. The molecule has 2 aliphatic rings. The van der Waals surface area contributed by atoms with Gasteiger partial charge in [0.2, 0.25) is 0 Å². The lowest BCUT2D eigenvalue weighted by Gasteiger charge is -2.09. The summed E-state index contributed by atoms with van der Waals surface area (Å²) in [6, 6.07) is 0. The lowest BCUT2D eigenvalue weighted by atomic mass is 9.99. The first-order chi connectivity index (χ1) is 4.79. The molecule has 0 aromatic carbocycles. The van der Waals surface area contributed by atoms with E-state index in [1.54, 1.807) is 0 Å². The molecule has 0 unspecified atom stereocenters. The Hall–Kier alpha value is -0.370. The molecule has 0 aliphatic heterocycles. The number of ketones is 1. The van der Waals surface area contributed by atoms with Gasteiger partial charge in [-0.05, 0) is 25.2 Å². The highest BCUT2D eigenvalue weighted by atomic mass is 16.3. The third-order valence-corrected chi connectivity index (χ3v) is 2.89. The topological polar surface area (TPSA) is 37.3 Å². The van der Waals surface area contributed by atoms with Crippen molar-refractivity contribution in [3.63, 3.8) is 0 Å². The monoisotopic (exact) mass is 140 g/mol. The number of hydrogen-bond donors (Lipinski definition) is 1. The van der Waals surface area contributed by atoms with Gasteiger partial charge in [-0.2, -0.15) is 0 Å². The van der Waals surface area contributed by atoms with Crippen molar-refractivity contribution < 1.29 is 9.90 Å². The Morgan fingerprint density at radius 1 is 1.30 bits per heavy atom. The number of carbonyl (C=O) groups is 1. The second-order valence-electron chi connectivity index (χ2n) is 3.44. The molecule has 2 heteroatoms. The van der Waals surface area contributed by atoms with Crippen LogP contribution in [0, 0.1) is 11.8 Å². The van der Waals surface area contributed by atoms with Crippen LogP contribution >= 0.6 is 0 Å². The Morgan fingerprint density at radius 3 is 2.80 bits per heavy atom. The zero-order chi connectivity index (χ0) is 7.14. The van der Waals surface area contributed by atoms with Crippen LogP contribution in [-0.4, -0.2) is 17.0 Å². The Balaban J connectivity index is 2.19. The van der Waals surface area contributed by atoms with Crippen LogP contribution in [0.5, 0.6) is 0 Å². The molecule has 2 rings (SSSR count). The predicted molar refractivity (Wildman–Crippen MR) is 36.5 cm³/mol. The zero-order valence-electron chi connectivity index (χ0n) is 5.92. The van der Waals surface area contributed by atoms with Crippen molar-refractivity contribution in [2.75, 3.05) is 0 Å². The number of carbonyl (C=O) groups excluding carboxylic acids is 1. The van der Waals surface area contributed by atoms with Crippen molar-refractivity contribution in [3.05, 3.63) is 0 Å². The first kappa shape index (κ1) is 6.35. The van der Waals surface area contributed by atoms with Crippen molar-refractivity contribution in [3.8, 4) is 0 Å². The van der Waals surface area contributed by atoms with E-state index in [0.29, 0.717) is 18.1 Å². The Morgan fingerprint density at radius 2 is 2.10 bits per heavy atom. The molecular weight excluding hydrogens is 128 g/mol. The molecule has 2 fully saturated rings. The summed E-state index contributed by atoms with van der Waals surface area (Å²) in [6.07, 6.45) is 3.35. The molecule has 10 heavy (non-hydrogen) atoms. The van der Waals surface area contributed by atoms with Crippen molar-refractivity contribution in [1.29, 1.82) is 0 Å². The summed E-state index contributed by atoms with van der Waals surface area (Å²) in [4.78, 5) is 11.1.